The zero-order valence-corrected chi connectivity index (χ0v) is 15.2. The number of esters is 1. The highest BCUT2D eigenvalue weighted by Crippen LogP contribution is 2.17. The predicted octanol–water partition coefficient (Wildman–Crippen LogP) is 3.21. The summed E-state index contributed by atoms with van der Waals surface area (Å²) in [6, 6.07) is 0.937. The van der Waals surface area contributed by atoms with Crippen LogP contribution in [-0.4, -0.2) is 49.2 Å². The third kappa shape index (κ3) is 7.28. The summed E-state index contributed by atoms with van der Waals surface area (Å²) in [5.41, 5.74) is -0.573. The minimum absolute atomic E-state index is 0.162. The quantitative estimate of drug-likeness (QED) is 0.470. The van der Waals surface area contributed by atoms with Crippen LogP contribution in [0.15, 0.2) is 0 Å². The van der Waals surface area contributed by atoms with E-state index < -0.39 is 5.54 Å². The highest BCUT2D eigenvalue weighted by atomic mass is 16.5. The van der Waals surface area contributed by atoms with Gasteiger partial charge in [0, 0.05) is 12.1 Å². The Hall–Kier alpha value is -0.610. The van der Waals surface area contributed by atoms with Crippen LogP contribution in [0.25, 0.3) is 0 Å². The van der Waals surface area contributed by atoms with E-state index in [1.165, 1.54) is 20.0 Å². The minimum Gasteiger partial charge on any atom is -0.468 e. The van der Waals surface area contributed by atoms with Crippen molar-refractivity contribution in [3.05, 3.63) is 0 Å². The molecule has 0 aliphatic carbocycles. The van der Waals surface area contributed by atoms with Crippen molar-refractivity contribution in [2.75, 3.05) is 20.7 Å². The number of rotatable bonds is 11. The van der Waals surface area contributed by atoms with Crippen LogP contribution in [0.2, 0.25) is 0 Å². The van der Waals surface area contributed by atoms with Crippen LogP contribution in [0.4, 0.5) is 0 Å². The summed E-state index contributed by atoms with van der Waals surface area (Å²) in [5.74, 6) is -0.162. The van der Waals surface area contributed by atoms with E-state index in [2.05, 4.69) is 45.0 Å². The molecule has 0 aromatic rings. The van der Waals surface area contributed by atoms with Crippen molar-refractivity contribution in [3.63, 3.8) is 0 Å². The fourth-order valence-corrected chi connectivity index (χ4v) is 3.03. The smallest absolute Gasteiger partial charge is 0.325 e. The van der Waals surface area contributed by atoms with E-state index in [0.29, 0.717) is 6.04 Å². The second-order valence-corrected chi connectivity index (χ2v) is 6.53. The predicted molar refractivity (Wildman–Crippen MR) is 89.5 cm³/mol. The molecule has 0 bridgehead atoms. The number of hydrogen-bond acceptors (Lipinski definition) is 4. The van der Waals surface area contributed by atoms with Crippen molar-refractivity contribution in [3.8, 4) is 0 Å². The highest BCUT2D eigenvalue weighted by molar-refractivity contribution is 5.80. The van der Waals surface area contributed by atoms with E-state index in [4.69, 9.17) is 4.74 Å². The van der Waals surface area contributed by atoms with E-state index in [1.807, 2.05) is 6.92 Å². The molecule has 21 heavy (non-hydrogen) atoms. The number of carbonyl (C=O) groups excluding carboxylic acids is 1. The first-order valence-corrected chi connectivity index (χ1v) is 8.37. The molecule has 0 aliphatic rings. The number of hydrogen-bond donors (Lipinski definition) is 1. The molecule has 0 saturated heterocycles. The Morgan fingerprint density at radius 3 is 2.24 bits per heavy atom. The van der Waals surface area contributed by atoms with Crippen LogP contribution in [-0.2, 0) is 9.53 Å². The number of nitrogens with one attached hydrogen (secondary N) is 1. The molecule has 1 N–H and O–H groups in total. The summed E-state index contributed by atoms with van der Waals surface area (Å²) in [5, 5.41) is 3.35. The van der Waals surface area contributed by atoms with Crippen LogP contribution in [0, 0.1) is 0 Å². The molecule has 0 amide bonds. The molecule has 0 aliphatic heterocycles. The molecule has 1 unspecified atom stereocenters. The van der Waals surface area contributed by atoms with Crippen LogP contribution < -0.4 is 5.32 Å². The zero-order valence-electron chi connectivity index (χ0n) is 15.2. The summed E-state index contributed by atoms with van der Waals surface area (Å²) in [6.45, 7) is 11.6. The van der Waals surface area contributed by atoms with Crippen molar-refractivity contribution >= 4 is 5.97 Å². The summed E-state index contributed by atoms with van der Waals surface area (Å²) in [6.07, 6.45) is 5.34. The first kappa shape index (κ1) is 20.4. The average molecular weight is 300 g/mol. The Balaban J connectivity index is 4.29. The third-order valence-electron chi connectivity index (χ3n) is 4.25. The SMILES string of the molecule is CCC(CC)N(C)CCCCC(C)(NC(C)C)C(=O)OC. The number of carbonyl (C=O) groups is 1. The van der Waals surface area contributed by atoms with E-state index in [-0.39, 0.29) is 12.0 Å². The Bertz CT molecular complexity index is 291. The minimum atomic E-state index is -0.573. The topological polar surface area (TPSA) is 41.6 Å². The van der Waals surface area contributed by atoms with E-state index in [9.17, 15) is 4.79 Å². The molecule has 4 nitrogen and oxygen atoms in total. The highest BCUT2D eigenvalue weighted by Gasteiger charge is 2.34. The number of methoxy groups -OCH3 is 1. The molecular formula is C17H36N2O2. The first-order valence-electron chi connectivity index (χ1n) is 8.37. The van der Waals surface area contributed by atoms with Crippen molar-refractivity contribution in [1.29, 1.82) is 0 Å². The third-order valence-corrected chi connectivity index (χ3v) is 4.25. The zero-order chi connectivity index (χ0) is 16.5. The lowest BCUT2D eigenvalue weighted by Crippen LogP contribution is -2.53. The van der Waals surface area contributed by atoms with Gasteiger partial charge in [-0.3, -0.25) is 10.1 Å². The molecule has 0 radical (unpaired) electrons. The van der Waals surface area contributed by atoms with Gasteiger partial charge in [0.25, 0.3) is 0 Å². The summed E-state index contributed by atoms with van der Waals surface area (Å²) >= 11 is 0. The Kier molecular flexibility index (Phi) is 9.88. The number of unbranched alkanes of at least 4 members (excludes halogenated alkanes) is 1. The van der Waals surface area contributed by atoms with Gasteiger partial charge in [-0.1, -0.05) is 13.8 Å². The number of nitrogens with zero attached hydrogens (tertiary/aromatic N) is 1. The lowest BCUT2D eigenvalue weighted by atomic mass is 9.93. The maximum Gasteiger partial charge on any atom is 0.325 e. The maximum atomic E-state index is 12.0. The summed E-state index contributed by atoms with van der Waals surface area (Å²) in [7, 11) is 3.66. The second kappa shape index (κ2) is 10.2. The van der Waals surface area contributed by atoms with Crippen molar-refractivity contribution < 1.29 is 9.53 Å². The molecule has 0 aromatic carbocycles. The van der Waals surface area contributed by atoms with E-state index in [1.54, 1.807) is 0 Å². The maximum absolute atomic E-state index is 12.0. The normalized spacial score (nSPS) is 14.8. The van der Waals surface area contributed by atoms with Crippen LogP contribution in [0.1, 0.15) is 66.7 Å². The van der Waals surface area contributed by atoms with Crippen molar-refractivity contribution in [2.24, 2.45) is 0 Å². The van der Waals surface area contributed by atoms with E-state index in [0.717, 1.165) is 25.8 Å². The largest absolute Gasteiger partial charge is 0.468 e. The standard InChI is InChI=1S/C17H36N2O2/c1-8-15(9-2)19(6)13-11-10-12-17(5,16(20)21-7)18-14(3)4/h14-15,18H,8-13H2,1-7H3. The fraction of sp³-hybridized carbons (Fsp3) is 0.941. The molecule has 4 heteroatoms. The first-order chi connectivity index (χ1) is 9.80. The molecule has 1 atom stereocenters. The molecule has 0 fully saturated rings. The molecule has 0 saturated carbocycles. The average Bonchev–Trinajstić information content (AvgIpc) is 2.43. The fourth-order valence-electron chi connectivity index (χ4n) is 3.03. The van der Waals surface area contributed by atoms with Crippen LogP contribution >= 0.6 is 0 Å². The molecular weight excluding hydrogens is 264 g/mol. The van der Waals surface area contributed by atoms with Gasteiger partial charge in [0.2, 0.25) is 0 Å². The summed E-state index contributed by atoms with van der Waals surface area (Å²) < 4.78 is 4.96. The van der Waals surface area contributed by atoms with Crippen molar-refractivity contribution in [1.82, 2.24) is 10.2 Å². The lowest BCUT2D eigenvalue weighted by molar-refractivity contribution is -0.148. The second-order valence-electron chi connectivity index (χ2n) is 6.53. The monoisotopic (exact) mass is 300 g/mol. The molecule has 0 aromatic heterocycles. The Morgan fingerprint density at radius 1 is 1.24 bits per heavy atom. The van der Waals surface area contributed by atoms with Crippen molar-refractivity contribution in [2.45, 2.75) is 84.3 Å². The van der Waals surface area contributed by atoms with Gasteiger partial charge in [-0.25, -0.2) is 0 Å². The van der Waals surface area contributed by atoms with Gasteiger partial charge in [-0.15, -0.1) is 0 Å². The van der Waals surface area contributed by atoms with Gasteiger partial charge < -0.3 is 9.64 Å². The van der Waals surface area contributed by atoms with Gasteiger partial charge in [0.15, 0.2) is 0 Å². The van der Waals surface area contributed by atoms with Gasteiger partial charge in [0.1, 0.15) is 5.54 Å². The van der Waals surface area contributed by atoms with Crippen LogP contribution in [0.5, 0.6) is 0 Å². The lowest BCUT2D eigenvalue weighted by Gasteiger charge is -2.31. The molecule has 126 valence electrons. The van der Waals surface area contributed by atoms with Crippen LogP contribution in [0.3, 0.4) is 0 Å². The van der Waals surface area contributed by atoms with Gasteiger partial charge in [0.05, 0.1) is 7.11 Å². The van der Waals surface area contributed by atoms with E-state index >= 15 is 0 Å². The van der Waals surface area contributed by atoms with Gasteiger partial charge >= 0.3 is 5.97 Å². The number of ether oxygens (including phenoxy) is 1. The van der Waals surface area contributed by atoms with Gasteiger partial charge in [-0.05, 0) is 66.5 Å². The molecule has 0 heterocycles. The molecule has 0 rings (SSSR count). The summed E-state index contributed by atoms with van der Waals surface area (Å²) in [4.78, 5) is 14.4. The molecule has 0 spiro atoms. The Labute approximate surface area is 131 Å². The van der Waals surface area contributed by atoms with Gasteiger partial charge in [-0.2, -0.15) is 0 Å². The Morgan fingerprint density at radius 2 is 1.81 bits per heavy atom.